The van der Waals surface area contributed by atoms with Gasteiger partial charge in [0, 0.05) is 6.04 Å². The summed E-state index contributed by atoms with van der Waals surface area (Å²) in [5.74, 6) is 0.641. The molecular weight excluding hydrogens is 184 g/mol. The van der Waals surface area contributed by atoms with Gasteiger partial charge in [-0.3, -0.25) is 0 Å². The van der Waals surface area contributed by atoms with Crippen LogP contribution in [-0.2, 0) is 0 Å². The van der Waals surface area contributed by atoms with Gasteiger partial charge < -0.3 is 10.6 Å². The van der Waals surface area contributed by atoms with Crippen LogP contribution in [0.1, 0.15) is 24.9 Å². The molecule has 0 aliphatic heterocycles. The summed E-state index contributed by atoms with van der Waals surface area (Å²) in [5.41, 5.74) is 1.38. The topological polar surface area (TPSA) is 24.1 Å². The van der Waals surface area contributed by atoms with Gasteiger partial charge in [-0.15, -0.1) is 0 Å². The first-order valence-corrected chi connectivity index (χ1v) is 5.70. The second-order valence-corrected chi connectivity index (χ2v) is 3.90. The molecule has 0 fully saturated rings. The summed E-state index contributed by atoms with van der Waals surface area (Å²) in [5, 5.41) is 6.68. The molecule has 2 atom stereocenters. The van der Waals surface area contributed by atoms with E-state index in [2.05, 4.69) is 47.9 Å². The first kappa shape index (κ1) is 12.2. The summed E-state index contributed by atoms with van der Waals surface area (Å²) in [6.07, 6.45) is 1.18. The van der Waals surface area contributed by atoms with Gasteiger partial charge in [0.25, 0.3) is 0 Å². The van der Waals surface area contributed by atoms with Gasteiger partial charge in [-0.2, -0.15) is 0 Å². The lowest BCUT2D eigenvalue weighted by Crippen LogP contribution is -2.31. The van der Waals surface area contributed by atoms with Crippen LogP contribution in [0.2, 0.25) is 0 Å². The summed E-state index contributed by atoms with van der Waals surface area (Å²) in [7, 11) is 4.05. The third-order valence-corrected chi connectivity index (χ3v) is 2.93. The Hall–Kier alpha value is -0.860. The Kier molecular flexibility index (Phi) is 5.37. The van der Waals surface area contributed by atoms with E-state index in [1.54, 1.807) is 0 Å². The van der Waals surface area contributed by atoms with Crippen molar-refractivity contribution in [2.75, 3.05) is 20.6 Å². The Morgan fingerprint density at radius 2 is 1.80 bits per heavy atom. The van der Waals surface area contributed by atoms with Crippen LogP contribution in [-0.4, -0.2) is 20.6 Å². The molecule has 15 heavy (non-hydrogen) atoms. The van der Waals surface area contributed by atoms with Crippen LogP contribution in [0.5, 0.6) is 0 Å². The first-order chi connectivity index (χ1) is 7.33. The molecule has 2 unspecified atom stereocenters. The molecule has 0 saturated carbocycles. The fourth-order valence-corrected chi connectivity index (χ4v) is 2.09. The fourth-order valence-electron chi connectivity index (χ4n) is 2.09. The van der Waals surface area contributed by atoms with Crippen molar-refractivity contribution in [3.63, 3.8) is 0 Å². The highest BCUT2D eigenvalue weighted by atomic mass is 14.9. The van der Waals surface area contributed by atoms with Crippen molar-refractivity contribution >= 4 is 0 Å². The van der Waals surface area contributed by atoms with Crippen LogP contribution in [0.3, 0.4) is 0 Å². The van der Waals surface area contributed by atoms with Crippen LogP contribution < -0.4 is 10.6 Å². The molecule has 0 aliphatic rings. The molecule has 2 N–H and O–H groups in total. The maximum Gasteiger partial charge on any atom is 0.0358 e. The number of nitrogens with one attached hydrogen (secondary N) is 2. The maximum absolute atomic E-state index is 3.41. The van der Waals surface area contributed by atoms with Crippen LogP contribution in [0, 0.1) is 5.92 Å². The summed E-state index contributed by atoms with van der Waals surface area (Å²) in [4.78, 5) is 0. The minimum atomic E-state index is 0.448. The van der Waals surface area contributed by atoms with E-state index in [-0.39, 0.29) is 0 Å². The quantitative estimate of drug-likeness (QED) is 0.745. The number of rotatable bonds is 6. The molecule has 0 amide bonds. The minimum Gasteiger partial charge on any atom is -0.319 e. The van der Waals surface area contributed by atoms with Gasteiger partial charge >= 0.3 is 0 Å². The highest BCUT2D eigenvalue weighted by Crippen LogP contribution is 2.23. The van der Waals surface area contributed by atoms with E-state index in [1.165, 1.54) is 12.0 Å². The van der Waals surface area contributed by atoms with Crippen LogP contribution in [0.25, 0.3) is 0 Å². The largest absolute Gasteiger partial charge is 0.319 e. The summed E-state index contributed by atoms with van der Waals surface area (Å²) < 4.78 is 0. The molecule has 0 heterocycles. The van der Waals surface area contributed by atoms with Crippen molar-refractivity contribution in [1.82, 2.24) is 10.6 Å². The number of benzene rings is 1. The van der Waals surface area contributed by atoms with E-state index in [4.69, 9.17) is 0 Å². The van der Waals surface area contributed by atoms with Crippen molar-refractivity contribution in [1.29, 1.82) is 0 Å². The van der Waals surface area contributed by atoms with Crippen LogP contribution in [0.15, 0.2) is 30.3 Å². The lowest BCUT2D eigenvalue weighted by Gasteiger charge is -2.26. The molecule has 0 aromatic heterocycles. The SMILES string of the molecule is CCC(CNC)C(NC)c1ccccc1. The standard InChI is InChI=1S/C13H22N2/c1-4-11(10-14-2)13(15-3)12-8-6-5-7-9-12/h5-9,11,13-15H,4,10H2,1-3H3. The first-order valence-electron chi connectivity index (χ1n) is 5.70. The monoisotopic (exact) mass is 206 g/mol. The van der Waals surface area contributed by atoms with Crippen molar-refractivity contribution in [2.24, 2.45) is 5.92 Å². The van der Waals surface area contributed by atoms with E-state index >= 15 is 0 Å². The van der Waals surface area contributed by atoms with Gasteiger partial charge in [-0.25, -0.2) is 0 Å². The number of hydrogen-bond acceptors (Lipinski definition) is 2. The third-order valence-electron chi connectivity index (χ3n) is 2.93. The Bertz CT molecular complexity index is 258. The Morgan fingerprint density at radius 3 is 2.27 bits per heavy atom. The van der Waals surface area contributed by atoms with Crippen molar-refractivity contribution in [3.8, 4) is 0 Å². The average molecular weight is 206 g/mol. The molecule has 1 rings (SSSR count). The zero-order chi connectivity index (χ0) is 11.1. The van der Waals surface area contributed by atoms with Crippen molar-refractivity contribution in [2.45, 2.75) is 19.4 Å². The maximum atomic E-state index is 3.41. The van der Waals surface area contributed by atoms with Gasteiger partial charge in [0.15, 0.2) is 0 Å². The molecule has 0 spiro atoms. The second-order valence-electron chi connectivity index (χ2n) is 3.90. The van der Waals surface area contributed by atoms with Gasteiger partial charge in [0.05, 0.1) is 0 Å². The molecule has 1 aromatic rings. The molecule has 0 bridgehead atoms. The second kappa shape index (κ2) is 6.59. The van der Waals surface area contributed by atoms with Crippen LogP contribution >= 0.6 is 0 Å². The predicted molar refractivity (Wildman–Crippen MR) is 66.0 cm³/mol. The van der Waals surface area contributed by atoms with E-state index in [0.717, 1.165) is 6.54 Å². The molecule has 2 heteroatoms. The molecule has 0 aliphatic carbocycles. The average Bonchev–Trinajstić information content (AvgIpc) is 2.30. The van der Waals surface area contributed by atoms with E-state index in [0.29, 0.717) is 12.0 Å². The van der Waals surface area contributed by atoms with Gasteiger partial charge in [0.2, 0.25) is 0 Å². The van der Waals surface area contributed by atoms with E-state index in [1.807, 2.05) is 14.1 Å². The minimum absolute atomic E-state index is 0.448. The summed E-state index contributed by atoms with van der Waals surface area (Å²) in [6.45, 7) is 3.30. The zero-order valence-electron chi connectivity index (χ0n) is 9.96. The predicted octanol–water partition coefficient (Wildman–Crippen LogP) is 2.19. The van der Waals surface area contributed by atoms with Crippen molar-refractivity contribution in [3.05, 3.63) is 35.9 Å². The summed E-state index contributed by atoms with van der Waals surface area (Å²) >= 11 is 0. The summed E-state index contributed by atoms with van der Waals surface area (Å²) in [6, 6.07) is 11.1. The third kappa shape index (κ3) is 3.33. The normalized spacial score (nSPS) is 14.9. The Balaban J connectivity index is 2.77. The highest BCUT2D eigenvalue weighted by molar-refractivity contribution is 5.19. The smallest absolute Gasteiger partial charge is 0.0358 e. The molecule has 0 saturated heterocycles. The lowest BCUT2D eigenvalue weighted by atomic mass is 9.91. The molecular formula is C13H22N2. The Morgan fingerprint density at radius 1 is 1.13 bits per heavy atom. The van der Waals surface area contributed by atoms with Gasteiger partial charge in [0.1, 0.15) is 0 Å². The molecule has 0 radical (unpaired) electrons. The molecule has 1 aromatic carbocycles. The lowest BCUT2D eigenvalue weighted by molar-refractivity contribution is 0.360. The van der Waals surface area contributed by atoms with Gasteiger partial charge in [-0.05, 0) is 32.1 Å². The van der Waals surface area contributed by atoms with E-state index < -0.39 is 0 Å². The van der Waals surface area contributed by atoms with Crippen LogP contribution in [0.4, 0.5) is 0 Å². The zero-order valence-corrected chi connectivity index (χ0v) is 9.96. The molecule has 2 nitrogen and oxygen atoms in total. The number of hydrogen-bond donors (Lipinski definition) is 2. The van der Waals surface area contributed by atoms with Gasteiger partial charge in [-0.1, -0.05) is 43.7 Å². The Labute approximate surface area is 93.1 Å². The van der Waals surface area contributed by atoms with E-state index in [9.17, 15) is 0 Å². The fraction of sp³-hybridized carbons (Fsp3) is 0.538. The highest BCUT2D eigenvalue weighted by Gasteiger charge is 2.18. The van der Waals surface area contributed by atoms with Crippen molar-refractivity contribution < 1.29 is 0 Å². The molecule has 84 valence electrons.